The predicted molar refractivity (Wildman–Crippen MR) is 190 cm³/mol. The number of halogens is 3. The maximum absolute atomic E-state index is 11.9. The van der Waals surface area contributed by atoms with Crippen molar-refractivity contribution in [2.75, 3.05) is 39.3 Å². The fraction of sp³-hybridized carbons (Fsp3) is 0.773. The molecule has 0 spiro atoms. The summed E-state index contributed by atoms with van der Waals surface area (Å²) in [7, 11) is 20.0. The highest BCUT2D eigenvalue weighted by atomic mass is 32.2. The Morgan fingerprint density at radius 3 is 1.60 bits per heavy atom. The third-order valence-corrected chi connectivity index (χ3v) is 9.34. The van der Waals surface area contributed by atoms with E-state index in [1.54, 1.807) is 4.67 Å². The fourth-order valence-corrected chi connectivity index (χ4v) is 4.87. The van der Waals surface area contributed by atoms with Gasteiger partial charge in [-0.25, -0.2) is 0 Å². The van der Waals surface area contributed by atoms with E-state index in [1.807, 2.05) is 0 Å². The van der Waals surface area contributed by atoms with E-state index in [0.29, 0.717) is 18.9 Å². The highest BCUT2D eigenvalue weighted by Crippen LogP contribution is 2.39. The summed E-state index contributed by atoms with van der Waals surface area (Å²) in [6, 6.07) is 0. The lowest BCUT2D eigenvalue weighted by Gasteiger charge is -2.32. The molecule has 4 heterocycles. The lowest BCUT2D eigenvalue weighted by atomic mass is 9.40. The van der Waals surface area contributed by atoms with E-state index in [9.17, 15) is 26.4 Å². The Bertz CT molecular complexity index is 1040. The van der Waals surface area contributed by atoms with Crippen molar-refractivity contribution in [1.82, 2.24) is 14.0 Å². The number of hydrogen-bond donors (Lipinski definition) is 0. The molecule has 0 N–H and O–H groups in total. The van der Waals surface area contributed by atoms with E-state index in [2.05, 4.69) is 106 Å². The van der Waals surface area contributed by atoms with Crippen molar-refractivity contribution in [2.45, 2.75) is 70.1 Å². The number of alkyl halides is 3. The Balaban J connectivity index is 0. The number of Topliss-reactive ketones (excluding diaryl/α,β-unsaturated/α-hetero) is 1. The fourth-order valence-electron chi connectivity index (χ4n) is 3.61. The van der Waals surface area contributed by atoms with E-state index in [4.69, 9.17) is 9.31 Å². The topological polar surface area (TPSA) is 88.6 Å². The number of nitrogens with zero attached hydrogens (tertiary/aromatic N) is 3. The largest absolute Gasteiger partial charge is 0.534 e. The van der Waals surface area contributed by atoms with Crippen LogP contribution in [0.25, 0.3) is 0 Å². The van der Waals surface area contributed by atoms with Gasteiger partial charge < -0.3 is 13.5 Å². The molecule has 12 radical (unpaired) electrons. The third-order valence-electron chi connectivity index (χ3n) is 6.89. The van der Waals surface area contributed by atoms with Crippen LogP contribution >= 0.6 is 28.2 Å². The van der Waals surface area contributed by atoms with Crippen molar-refractivity contribution < 1.29 is 39.9 Å². The molecule has 3 atom stereocenters. The molecular weight excluding hydrogens is 660 g/mol. The Morgan fingerprint density at radius 1 is 0.867 bits per heavy atom. The van der Waals surface area contributed by atoms with Crippen LogP contribution in [-0.2, 0) is 28.4 Å². The van der Waals surface area contributed by atoms with Gasteiger partial charge in [-0.15, -0.1) is 0 Å². The smallest absolute Gasteiger partial charge is 0.400 e. The Kier molecular flexibility index (Phi) is 23.2. The average molecular weight is 700 g/mol. The van der Waals surface area contributed by atoms with Gasteiger partial charge in [0.25, 0.3) is 0 Å². The molecule has 2 fully saturated rings. The van der Waals surface area contributed by atoms with Gasteiger partial charge in [0.2, 0.25) is 0 Å². The molecule has 0 bridgehead atoms. The lowest BCUT2D eigenvalue weighted by molar-refractivity contribution is -0.120. The first-order valence-electron chi connectivity index (χ1n) is 13.6. The number of hydrogen-bond acceptors (Lipinski definition) is 9. The molecule has 4 aliphatic heterocycles. The van der Waals surface area contributed by atoms with Crippen molar-refractivity contribution in [2.24, 2.45) is 0 Å². The number of rotatable bonds is 3. The van der Waals surface area contributed by atoms with Gasteiger partial charge in [0.1, 0.15) is 11.5 Å². The maximum Gasteiger partial charge on any atom is 0.534 e. The van der Waals surface area contributed by atoms with Crippen molar-refractivity contribution >= 4 is 97.6 Å². The molecule has 0 saturated carbocycles. The molecule has 4 aliphatic rings. The zero-order chi connectivity index (χ0) is 34.4. The summed E-state index contributed by atoms with van der Waals surface area (Å²) < 4.78 is 79.0. The predicted octanol–water partition coefficient (Wildman–Crippen LogP) is 1.43. The van der Waals surface area contributed by atoms with E-state index in [-0.39, 0.29) is 38.9 Å². The Morgan fingerprint density at radius 2 is 1.27 bits per heavy atom. The highest BCUT2D eigenvalue weighted by Gasteiger charge is 2.52. The van der Waals surface area contributed by atoms with E-state index >= 15 is 0 Å². The average Bonchev–Trinajstić information content (AvgIpc) is 3.15. The summed E-state index contributed by atoms with van der Waals surface area (Å²) in [4.78, 5) is 10.6. The van der Waals surface area contributed by atoms with Crippen molar-refractivity contribution in [3.63, 3.8) is 0 Å². The number of piperidine rings is 1. The van der Waals surface area contributed by atoms with Gasteiger partial charge in [-0.2, -0.15) is 21.6 Å². The number of carbonyl (C=O) groups excluding carboxylic acids is 1. The van der Waals surface area contributed by atoms with Crippen LogP contribution in [0, 0.1) is 0 Å². The summed E-state index contributed by atoms with van der Waals surface area (Å²) in [5.74, 6) is 0.245. The summed E-state index contributed by atoms with van der Waals surface area (Å²) in [6.45, 7) is 13.0. The Hall–Kier alpha value is 0.235. The van der Waals surface area contributed by atoms with Gasteiger partial charge >= 0.3 is 22.7 Å². The minimum atomic E-state index is -5.51. The highest BCUT2D eigenvalue weighted by molar-refractivity contribution is 7.87. The maximum atomic E-state index is 11.9. The van der Waals surface area contributed by atoms with Crippen LogP contribution in [0.3, 0.4) is 0 Å². The van der Waals surface area contributed by atoms with Crippen LogP contribution in [0.15, 0.2) is 23.4 Å². The van der Waals surface area contributed by atoms with Gasteiger partial charge in [-0.1, -0.05) is 34.2 Å². The molecule has 0 aromatic rings. The van der Waals surface area contributed by atoms with Crippen LogP contribution < -0.4 is 0 Å². The minimum absolute atomic E-state index is 0. The molecule has 2 saturated heterocycles. The second-order valence-corrected chi connectivity index (χ2v) is 14.5. The minimum Gasteiger partial charge on any atom is -0.400 e. The van der Waals surface area contributed by atoms with Crippen molar-refractivity contribution in [3.8, 4) is 0 Å². The van der Waals surface area contributed by atoms with Gasteiger partial charge in [0.15, 0.2) is 0 Å². The van der Waals surface area contributed by atoms with Crippen molar-refractivity contribution in [1.29, 1.82) is 0 Å². The first-order chi connectivity index (χ1) is 20.2. The van der Waals surface area contributed by atoms with E-state index in [0.717, 1.165) is 52.5 Å². The molecule has 9 nitrogen and oxygen atoms in total. The van der Waals surface area contributed by atoms with Crippen molar-refractivity contribution in [3.05, 3.63) is 23.4 Å². The molecule has 23 heteroatoms. The van der Waals surface area contributed by atoms with Gasteiger partial charge in [0.05, 0.1) is 11.2 Å². The molecule has 242 valence electrons. The molecule has 0 aliphatic carbocycles. The molecular formula is C22H40B7F3N3O6P3S. The second kappa shape index (κ2) is 22.1. The second-order valence-electron chi connectivity index (χ2n) is 10.8. The molecule has 0 aromatic heterocycles. The Labute approximate surface area is 283 Å². The van der Waals surface area contributed by atoms with E-state index in [1.165, 1.54) is 11.5 Å². The quantitative estimate of drug-likeness (QED) is 0.188. The normalized spacial score (nSPS) is 21.6. The zero-order valence-electron chi connectivity index (χ0n) is 26.3. The summed E-state index contributed by atoms with van der Waals surface area (Å²) in [5.41, 5.74) is -4.53. The summed E-state index contributed by atoms with van der Waals surface area (Å²) in [6.07, 6.45) is 6.17. The first kappa shape index (κ1) is 47.4. The van der Waals surface area contributed by atoms with Crippen LogP contribution in [0.5, 0.6) is 0 Å². The SMILES string of the molecule is CC1(C)OB(C2=CCN(P)CC2)OC1(C)C.O=C1CCN(P)CC1.O=S(=O)(OC1=CCN(P)CC1)C(F)(F)F.[B].[B][B].[B][B][B]. The zero-order valence-corrected chi connectivity index (χ0v) is 30.6. The standard InChI is InChI=1S/C11H21BNO2P.C6H9F3NO3PS.C5H10NOP.B3.B2.B/c1-10(2)11(3,4)15-12(14-10)9-5-7-13(16)8-6-9;7-6(8,9)15(11,12)13-5-1-3-10(14)4-2-5;7-5-1-3-6(8)4-2-5;1-3-2;1-2;/h5H,6-8,16H2,1-4H3;1H,2-4,14H2;1-4,8H2;;;. The number of carbonyl (C=O) groups is 1. The van der Waals surface area contributed by atoms with Crippen LogP contribution in [0.4, 0.5) is 13.2 Å². The van der Waals surface area contributed by atoms with Crippen LogP contribution in [-0.4, -0.2) is 138 Å². The number of ketones is 1. The lowest BCUT2D eigenvalue weighted by Crippen LogP contribution is -2.41. The molecule has 45 heavy (non-hydrogen) atoms. The van der Waals surface area contributed by atoms with Gasteiger partial charge in [-0.3, -0.25) is 18.8 Å². The van der Waals surface area contributed by atoms with Gasteiger partial charge in [0, 0.05) is 105 Å². The third kappa shape index (κ3) is 17.5. The molecule has 4 rings (SSSR count). The van der Waals surface area contributed by atoms with E-state index < -0.39 is 15.6 Å². The summed E-state index contributed by atoms with van der Waals surface area (Å²) in [5, 5.41) is 0. The summed E-state index contributed by atoms with van der Waals surface area (Å²) >= 11 is 0. The molecule has 0 aromatic carbocycles. The first-order valence-corrected chi connectivity index (χ1v) is 16.5. The molecule has 0 amide bonds. The van der Waals surface area contributed by atoms with Crippen LogP contribution in [0.1, 0.15) is 53.4 Å². The monoisotopic (exact) mass is 701 g/mol. The van der Waals surface area contributed by atoms with Gasteiger partial charge in [-0.05, 0) is 45.7 Å². The van der Waals surface area contributed by atoms with Crippen LogP contribution in [0.2, 0.25) is 0 Å². The molecule has 3 unspecified atom stereocenters.